The molecule has 0 aromatic carbocycles. The molecule has 0 aliphatic carbocycles. The van der Waals surface area contributed by atoms with Crippen LogP contribution in [0.1, 0.15) is 59.2 Å². The Morgan fingerprint density at radius 3 is 2.42 bits per heavy atom. The van der Waals surface area contributed by atoms with Gasteiger partial charge in [-0.2, -0.15) is 0 Å². The number of hydrogen-bond acceptors (Lipinski definition) is 4. The number of rotatable bonds is 3. The molecular weight excluding hydrogens is 350 g/mol. The van der Waals surface area contributed by atoms with Gasteiger partial charge in [-0.15, -0.1) is 11.3 Å². The molecule has 1 aromatic heterocycles. The second kappa shape index (κ2) is 7.96. The highest BCUT2D eigenvalue weighted by Crippen LogP contribution is 2.33. The Hall–Kier alpha value is -1.60. The van der Waals surface area contributed by atoms with Gasteiger partial charge in [0.25, 0.3) is 5.91 Å². The molecule has 3 aliphatic heterocycles. The van der Waals surface area contributed by atoms with E-state index >= 15 is 0 Å². The molecule has 7 heteroatoms. The van der Waals surface area contributed by atoms with Crippen molar-refractivity contribution in [2.24, 2.45) is 0 Å². The average Bonchev–Trinajstić information content (AvgIpc) is 3.43. The Morgan fingerprint density at radius 2 is 1.73 bits per heavy atom. The van der Waals surface area contributed by atoms with Crippen LogP contribution in [0, 0.1) is 0 Å². The summed E-state index contributed by atoms with van der Waals surface area (Å²) in [6, 6.07) is 4.25. The van der Waals surface area contributed by atoms with E-state index in [2.05, 4.69) is 5.32 Å². The molecule has 6 nitrogen and oxygen atoms in total. The largest absolute Gasteiger partial charge is 0.373 e. The Balaban J connectivity index is 1.26. The maximum atomic E-state index is 12.5. The molecule has 4 rings (SSSR count). The summed E-state index contributed by atoms with van der Waals surface area (Å²) in [5.74, 6) is 0.00330. The number of urea groups is 1. The maximum Gasteiger partial charge on any atom is 0.319 e. The Kier molecular flexibility index (Phi) is 5.45. The van der Waals surface area contributed by atoms with E-state index in [-0.39, 0.29) is 24.1 Å². The number of thiophene rings is 1. The summed E-state index contributed by atoms with van der Waals surface area (Å²) >= 11 is 1.54. The topological polar surface area (TPSA) is 61.9 Å². The summed E-state index contributed by atoms with van der Waals surface area (Å²) in [4.78, 5) is 30.8. The van der Waals surface area contributed by atoms with Crippen LogP contribution < -0.4 is 5.32 Å². The lowest BCUT2D eigenvalue weighted by atomic mass is 10.1. The zero-order valence-corrected chi connectivity index (χ0v) is 15.9. The van der Waals surface area contributed by atoms with Gasteiger partial charge >= 0.3 is 6.03 Å². The first-order valence-electron chi connectivity index (χ1n) is 9.77. The van der Waals surface area contributed by atoms with E-state index < -0.39 is 0 Å². The normalized spacial score (nSPS) is 24.2. The molecule has 3 amide bonds. The summed E-state index contributed by atoms with van der Waals surface area (Å²) in [6.45, 7) is 4.05. The van der Waals surface area contributed by atoms with Gasteiger partial charge < -0.3 is 19.9 Å². The van der Waals surface area contributed by atoms with Gasteiger partial charge in [0.05, 0.1) is 11.0 Å². The standard InChI is InChI=1S/C19H27N3O3S/c23-18(17-6-5-16(26-17)15-4-3-13-25-15)20-14-7-11-22(12-8-14)19(24)21-9-1-2-10-21/h5-6,14-15H,1-4,7-13H2,(H,20,23). The summed E-state index contributed by atoms with van der Waals surface area (Å²) in [5, 5.41) is 3.15. The van der Waals surface area contributed by atoms with Crippen molar-refractivity contribution in [3.8, 4) is 0 Å². The van der Waals surface area contributed by atoms with Crippen molar-refractivity contribution in [3.05, 3.63) is 21.9 Å². The number of likely N-dealkylation sites (tertiary alicyclic amines) is 2. The van der Waals surface area contributed by atoms with Crippen molar-refractivity contribution in [1.82, 2.24) is 15.1 Å². The smallest absolute Gasteiger partial charge is 0.319 e. The highest BCUT2D eigenvalue weighted by atomic mass is 32.1. The van der Waals surface area contributed by atoms with Crippen LogP contribution in [0.4, 0.5) is 4.79 Å². The third-order valence-electron chi connectivity index (χ3n) is 5.57. The van der Waals surface area contributed by atoms with Gasteiger partial charge in [-0.05, 0) is 50.7 Å². The Bertz CT molecular complexity index is 642. The van der Waals surface area contributed by atoms with Gasteiger partial charge in [0.2, 0.25) is 0 Å². The van der Waals surface area contributed by atoms with E-state index in [1.54, 1.807) is 11.3 Å². The molecule has 0 bridgehead atoms. The molecule has 142 valence electrons. The molecule has 4 heterocycles. The average molecular weight is 378 g/mol. The minimum Gasteiger partial charge on any atom is -0.373 e. The van der Waals surface area contributed by atoms with E-state index in [4.69, 9.17) is 4.74 Å². The first-order valence-corrected chi connectivity index (χ1v) is 10.6. The van der Waals surface area contributed by atoms with Gasteiger partial charge in [0.1, 0.15) is 0 Å². The van der Waals surface area contributed by atoms with Crippen LogP contribution in [0.5, 0.6) is 0 Å². The number of carbonyl (C=O) groups excluding carboxylic acids is 2. The molecule has 0 saturated carbocycles. The van der Waals surface area contributed by atoms with E-state index in [0.717, 1.165) is 81.1 Å². The van der Waals surface area contributed by atoms with Crippen LogP contribution in [-0.2, 0) is 4.74 Å². The van der Waals surface area contributed by atoms with Crippen molar-refractivity contribution < 1.29 is 14.3 Å². The van der Waals surface area contributed by atoms with E-state index in [1.807, 2.05) is 21.9 Å². The number of amides is 3. The summed E-state index contributed by atoms with van der Waals surface area (Å²) < 4.78 is 5.70. The van der Waals surface area contributed by atoms with E-state index in [1.165, 1.54) is 0 Å². The minimum atomic E-state index is 0.00330. The van der Waals surface area contributed by atoms with Gasteiger partial charge in [-0.1, -0.05) is 0 Å². The van der Waals surface area contributed by atoms with Gasteiger partial charge in [0.15, 0.2) is 0 Å². The summed E-state index contributed by atoms with van der Waals surface area (Å²) in [6.07, 6.45) is 6.20. The van der Waals surface area contributed by atoms with Crippen LogP contribution in [-0.4, -0.2) is 60.6 Å². The molecule has 1 unspecified atom stereocenters. The Morgan fingerprint density at radius 1 is 1.00 bits per heavy atom. The molecule has 1 N–H and O–H groups in total. The number of piperidine rings is 1. The fourth-order valence-corrected chi connectivity index (χ4v) is 5.03. The molecule has 3 fully saturated rings. The quantitative estimate of drug-likeness (QED) is 0.881. The maximum absolute atomic E-state index is 12.5. The van der Waals surface area contributed by atoms with Crippen molar-refractivity contribution >= 4 is 23.3 Å². The predicted molar refractivity (Wildman–Crippen MR) is 101 cm³/mol. The second-order valence-electron chi connectivity index (χ2n) is 7.42. The number of nitrogens with one attached hydrogen (secondary N) is 1. The molecule has 0 spiro atoms. The lowest BCUT2D eigenvalue weighted by Gasteiger charge is -2.34. The number of carbonyl (C=O) groups is 2. The first-order chi connectivity index (χ1) is 12.7. The van der Waals surface area contributed by atoms with E-state index in [9.17, 15) is 9.59 Å². The monoisotopic (exact) mass is 377 g/mol. The Labute approximate surface area is 158 Å². The fraction of sp³-hybridized carbons (Fsp3) is 0.684. The zero-order valence-electron chi connectivity index (χ0n) is 15.1. The molecule has 3 saturated heterocycles. The van der Waals surface area contributed by atoms with Crippen molar-refractivity contribution in [2.75, 3.05) is 32.8 Å². The highest BCUT2D eigenvalue weighted by Gasteiger charge is 2.29. The SMILES string of the molecule is O=C(NC1CCN(C(=O)N2CCCC2)CC1)c1ccc(C2CCCO2)s1. The molecule has 0 radical (unpaired) electrons. The fourth-order valence-electron chi connectivity index (χ4n) is 4.03. The van der Waals surface area contributed by atoms with Gasteiger partial charge in [-0.25, -0.2) is 4.79 Å². The van der Waals surface area contributed by atoms with Crippen LogP contribution in [0.25, 0.3) is 0 Å². The zero-order chi connectivity index (χ0) is 17.9. The number of nitrogens with zero attached hydrogens (tertiary/aromatic N) is 2. The minimum absolute atomic E-state index is 0.00330. The van der Waals surface area contributed by atoms with Gasteiger partial charge in [-0.3, -0.25) is 4.79 Å². The van der Waals surface area contributed by atoms with Crippen molar-refractivity contribution in [2.45, 2.75) is 50.7 Å². The van der Waals surface area contributed by atoms with E-state index in [0.29, 0.717) is 0 Å². The third kappa shape index (κ3) is 3.88. The third-order valence-corrected chi connectivity index (χ3v) is 6.75. The molecule has 3 aliphatic rings. The predicted octanol–water partition coefficient (Wildman–Crippen LogP) is 3.01. The molecule has 1 atom stereocenters. The van der Waals surface area contributed by atoms with Crippen LogP contribution in [0.3, 0.4) is 0 Å². The lowest BCUT2D eigenvalue weighted by molar-refractivity contribution is 0.0916. The highest BCUT2D eigenvalue weighted by molar-refractivity contribution is 7.14. The first kappa shape index (κ1) is 17.8. The lowest BCUT2D eigenvalue weighted by Crippen LogP contribution is -2.50. The summed E-state index contributed by atoms with van der Waals surface area (Å²) in [7, 11) is 0. The number of hydrogen-bond donors (Lipinski definition) is 1. The molecule has 1 aromatic rings. The molecule has 26 heavy (non-hydrogen) atoms. The number of ether oxygens (including phenoxy) is 1. The van der Waals surface area contributed by atoms with Crippen LogP contribution in [0.2, 0.25) is 0 Å². The van der Waals surface area contributed by atoms with Crippen LogP contribution >= 0.6 is 11.3 Å². The summed E-state index contributed by atoms with van der Waals surface area (Å²) in [5.41, 5.74) is 0. The van der Waals surface area contributed by atoms with Crippen molar-refractivity contribution in [1.29, 1.82) is 0 Å². The van der Waals surface area contributed by atoms with Crippen LogP contribution in [0.15, 0.2) is 12.1 Å². The van der Waals surface area contributed by atoms with Gasteiger partial charge in [0, 0.05) is 43.7 Å². The second-order valence-corrected chi connectivity index (χ2v) is 8.53. The van der Waals surface area contributed by atoms with Crippen molar-refractivity contribution in [3.63, 3.8) is 0 Å². The molecular formula is C19H27N3O3S.